The van der Waals surface area contributed by atoms with Gasteiger partial charge in [-0.05, 0) is 23.8 Å². The number of primary amides is 1. The van der Waals surface area contributed by atoms with Gasteiger partial charge in [-0.1, -0.05) is 0 Å². The van der Waals surface area contributed by atoms with E-state index in [0.29, 0.717) is 12.1 Å². The Bertz CT molecular complexity index is 901. The van der Waals surface area contributed by atoms with Crippen LogP contribution in [0.1, 0.15) is 27.2 Å². The van der Waals surface area contributed by atoms with E-state index in [1.165, 1.54) is 4.90 Å². The number of anilines is 1. The second-order valence-electron chi connectivity index (χ2n) is 5.90. The Morgan fingerprint density at radius 1 is 1.07 bits per heavy atom. The Balaban J connectivity index is 2.01. The van der Waals surface area contributed by atoms with E-state index in [1.807, 2.05) is 0 Å². The van der Waals surface area contributed by atoms with Crippen molar-refractivity contribution in [3.8, 4) is 0 Å². The van der Waals surface area contributed by atoms with Crippen LogP contribution in [0.15, 0.2) is 18.2 Å². The molecule has 0 saturated heterocycles. The van der Waals surface area contributed by atoms with Gasteiger partial charge in [-0.2, -0.15) is 31.4 Å². The largest absolute Gasteiger partial charge is 0.436 e. The highest BCUT2D eigenvalue weighted by Gasteiger charge is 2.43. The van der Waals surface area contributed by atoms with Crippen LogP contribution in [0.2, 0.25) is 0 Å². The molecule has 12 heteroatoms. The summed E-state index contributed by atoms with van der Waals surface area (Å²) in [6.45, 7) is -0.324. The minimum Gasteiger partial charge on any atom is -0.365 e. The van der Waals surface area contributed by atoms with E-state index in [1.54, 1.807) is 0 Å². The molecule has 0 spiro atoms. The molecule has 0 radical (unpaired) electrons. The number of nitrogens with two attached hydrogens (primary N) is 1. The molecule has 2 aromatic rings. The molecular weight excluding hydrogens is 385 g/mol. The number of benzene rings is 1. The van der Waals surface area contributed by atoms with Crippen molar-refractivity contribution in [2.24, 2.45) is 5.73 Å². The Morgan fingerprint density at radius 3 is 2.30 bits per heavy atom. The van der Waals surface area contributed by atoms with Crippen LogP contribution in [-0.4, -0.2) is 22.2 Å². The zero-order valence-corrected chi connectivity index (χ0v) is 13.3. The highest BCUT2D eigenvalue weighted by atomic mass is 19.4. The van der Waals surface area contributed by atoms with Gasteiger partial charge in [0.2, 0.25) is 0 Å². The molecule has 0 aliphatic carbocycles. The lowest BCUT2D eigenvalue weighted by atomic mass is 10.1. The smallest absolute Gasteiger partial charge is 0.365 e. The molecule has 0 saturated carbocycles. The van der Waals surface area contributed by atoms with Crippen molar-refractivity contribution in [1.29, 1.82) is 0 Å². The number of carbonyl (C=O) groups is 1. The summed E-state index contributed by atoms with van der Waals surface area (Å²) in [5, 5.41) is 3.34. The van der Waals surface area contributed by atoms with E-state index in [4.69, 9.17) is 5.73 Å². The van der Waals surface area contributed by atoms with Gasteiger partial charge >= 0.3 is 12.4 Å². The zero-order valence-electron chi connectivity index (χ0n) is 13.3. The maximum atomic E-state index is 13.5. The van der Waals surface area contributed by atoms with Crippen molar-refractivity contribution in [2.75, 3.05) is 11.4 Å². The molecule has 0 unspecified atom stereocenters. The molecule has 1 amide bonds. The molecule has 2 heterocycles. The Morgan fingerprint density at radius 2 is 1.74 bits per heavy atom. The first kappa shape index (κ1) is 19.0. The predicted octanol–water partition coefficient (Wildman–Crippen LogP) is 3.18. The van der Waals surface area contributed by atoms with Gasteiger partial charge in [0.05, 0.1) is 12.1 Å². The Labute approximate surface area is 147 Å². The average Bonchev–Trinajstić information content (AvgIpc) is 3.05. The molecule has 3 rings (SSSR count). The van der Waals surface area contributed by atoms with E-state index in [9.17, 15) is 35.5 Å². The number of carbonyl (C=O) groups excluding carboxylic acids is 1. The summed E-state index contributed by atoms with van der Waals surface area (Å²) < 4.78 is 92.1. The maximum Gasteiger partial charge on any atom is 0.436 e. The first-order valence-corrected chi connectivity index (χ1v) is 7.47. The first-order chi connectivity index (χ1) is 12.4. The number of amides is 1. The number of nitrogens with zero attached hydrogens (tertiary/aromatic N) is 3. The van der Waals surface area contributed by atoms with E-state index >= 15 is 0 Å². The third kappa shape index (κ3) is 3.55. The minimum atomic E-state index is -4.93. The van der Waals surface area contributed by atoms with E-state index in [0.717, 1.165) is 10.7 Å². The molecule has 2 N–H and O–H groups in total. The topological polar surface area (TPSA) is 64.2 Å². The third-order valence-electron chi connectivity index (χ3n) is 3.98. The van der Waals surface area contributed by atoms with Crippen molar-refractivity contribution in [2.45, 2.75) is 25.4 Å². The second kappa shape index (κ2) is 6.13. The zero-order chi connectivity index (χ0) is 20.1. The van der Waals surface area contributed by atoms with Crippen LogP contribution >= 0.6 is 0 Å². The number of halogens is 7. The summed E-state index contributed by atoms with van der Waals surface area (Å²) in [5.41, 5.74) is 1.38. The van der Waals surface area contributed by atoms with Crippen LogP contribution in [0, 0.1) is 5.82 Å². The molecular formula is C15H11F7N4O. The van der Waals surface area contributed by atoms with Gasteiger partial charge in [-0.25, -0.2) is 9.07 Å². The summed E-state index contributed by atoms with van der Waals surface area (Å²) >= 11 is 0. The lowest BCUT2D eigenvalue weighted by Crippen LogP contribution is -2.25. The lowest BCUT2D eigenvalue weighted by Gasteiger charge is -2.19. The summed E-state index contributed by atoms with van der Waals surface area (Å²) in [7, 11) is 0. The van der Waals surface area contributed by atoms with Crippen molar-refractivity contribution >= 4 is 11.7 Å². The van der Waals surface area contributed by atoms with Gasteiger partial charge in [-0.3, -0.25) is 4.79 Å². The van der Waals surface area contributed by atoms with Crippen LogP contribution < -0.4 is 10.6 Å². The number of hydrogen-bond acceptors (Lipinski definition) is 3. The molecule has 1 aromatic heterocycles. The van der Waals surface area contributed by atoms with Crippen molar-refractivity contribution < 1.29 is 35.5 Å². The molecule has 0 bridgehead atoms. The fourth-order valence-corrected chi connectivity index (χ4v) is 2.96. The van der Waals surface area contributed by atoms with Crippen molar-refractivity contribution in [3.05, 3.63) is 46.4 Å². The number of hydrogen-bond donors (Lipinski definition) is 1. The van der Waals surface area contributed by atoms with Crippen LogP contribution in [0.5, 0.6) is 0 Å². The minimum absolute atomic E-state index is 0.0346. The summed E-state index contributed by atoms with van der Waals surface area (Å²) in [4.78, 5) is 12.8. The number of fused-ring (bicyclic) bond motifs is 1. The normalized spacial score (nSPS) is 14.6. The summed E-state index contributed by atoms with van der Waals surface area (Å²) in [5.74, 6) is -2.77. The standard InChI is InChI=1S/C15H11F7N4O/c16-9-4-7(3-8(5-9)14(17,18)19)6-25-1-2-26-13(25)10(12(23)27)11(24-26)15(20,21)22/h3-5H,1-2,6H2,(H2,23,27). The van der Waals surface area contributed by atoms with Gasteiger partial charge < -0.3 is 10.6 Å². The predicted molar refractivity (Wildman–Crippen MR) is 78.2 cm³/mol. The molecule has 146 valence electrons. The lowest BCUT2D eigenvalue weighted by molar-refractivity contribution is -0.142. The van der Waals surface area contributed by atoms with Crippen molar-refractivity contribution in [1.82, 2.24) is 9.78 Å². The SMILES string of the molecule is NC(=O)c1c(C(F)(F)F)nn2c1N(Cc1cc(F)cc(C(F)(F)F)c1)CC2. The van der Waals surface area contributed by atoms with E-state index < -0.39 is 40.9 Å². The fourth-order valence-electron chi connectivity index (χ4n) is 2.96. The molecule has 1 aliphatic heterocycles. The molecule has 5 nitrogen and oxygen atoms in total. The Kier molecular flexibility index (Phi) is 4.31. The molecule has 0 atom stereocenters. The summed E-state index contributed by atoms with van der Waals surface area (Å²) in [6, 6.07) is 1.84. The number of aromatic nitrogens is 2. The van der Waals surface area contributed by atoms with Crippen LogP contribution in [0.3, 0.4) is 0 Å². The highest BCUT2D eigenvalue weighted by Crippen LogP contribution is 2.38. The van der Waals surface area contributed by atoms with Crippen LogP contribution in [0.4, 0.5) is 36.6 Å². The number of alkyl halides is 6. The quantitative estimate of drug-likeness (QED) is 0.811. The summed E-state index contributed by atoms with van der Waals surface area (Å²) in [6.07, 6.45) is -9.72. The number of rotatable bonds is 3. The van der Waals surface area contributed by atoms with Crippen molar-refractivity contribution in [3.63, 3.8) is 0 Å². The highest BCUT2D eigenvalue weighted by molar-refractivity contribution is 5.99. The molecule has 1 aromatic carbocycles. The second-order valence-corrected chi connectivity index (χ2v) is 5.90. The Hall–Kier alpha value is -2.79. The molecule has 0 fully saturated rings. The van der Waals surface area contributed by atoms with Crippen LogP contribution in [0.25, 0.3) is 0 Å². The maximum absolute atomic E-state index is 13.5. The average molecular weight is 396 g/mol. The molecule has 27 heavy (non-hydrogen) atoms. The van der Waals surface area contributed by atoms with Crippen LogP contribution in [-0.2, 0) is 25.4 Å². The van der Waals surface area contributed by atoms with Gasteiger partial charge in [0, 0.05) is 13.1 Å². The molecule has 1 aliphatic rings. The van der Waals surface area contributed by atoms with E-state index in [-0.39, 0.29) is 31.0 Å². The van der Waals surface area contributed by atoms with Gasteiger partial charge in [0.15, 0.2) is 5.69 Å². The van der Waals surface area contributed by atoms with Gasteiger partial charge in [-0.15, -0.1) is 0 Å². The monoisotopic (exact) mass is 396 g/mol. The third-order valence-corrected chi connectivity index (χ3v) is 3.98. The fraction of sp³-hybridized carbons (Fsp3) is 0.333. The first-order valence-electron chi connectivity index (χ1n) is 7.47. The van der Waals surface area contributed by atoms with E-state index in [2.05, 4.69) is 5.10 Å². The van der Waals surface area contributed by atoms with Gasteiger partial charge in [0.25, 0.3) is 5.91 Å². The van der Waals surface area contributed by atoms with Gasteiger partial charge in [0.1, 0.15) is 17.2 Å².